The number of aromatic amines is 1. The van der Waals surface area contributed by atoms with Gasteiger partial charge in [-0.1, -0.05) is 13.8 Å². The van der Waals surface area contributed by atoms with E-state index in [4.69, 9.17) is 0 Å². The van der Waals surface area contributed by atoms with Crippen molar-refractivity contribution in [1.29, 1.82) is 0 Å². The minimum absolute atomic E-state index is 0.670. The van der Waals surface area contributed by atoms with Gasteiger partial charge < -0.3 is 4.98 Å². The summed E-state index contributed by atoms with van der Waals surface area (Å²) >= 11 is 0. The average molecular weight is 151 g/mol. The first-order chi connectivity index (χ1) is 5.15. The zero-order chi connectivity index (χ0) is 8.43. The maximum Gasteiger partial charge on any atom is 0.0207 e. The van der Waals surface area contributed by atoms with Crippen molar-refractivity contribution in [3.63, 3.8) is 0 Å². The van der Waals surface area contributed by atoms with Crippen LogP contribution in [-0.4, -0.2) is 4.98 Å². The van der Waals surface area contributed by atoms with E-state index in [2.05, 4.69) is 38.7 Å². The topological polar surface area (TPSA) is 15.8 Å². The summed E-state index contributed by atoms with van der Waals surface area (Å²) in [5.74, 6) is 0.670. The Kier molecular flexibility index (Phi) is 2.38. The van der Waals surface area contributed by atoms with Crippen molar-refractivity contribution in [2.75, 3.05) is 0 Å². The molecule has 0 fully saturated rings. The van der Waals surface area contributed by atoms with Gasteiger partial charge >= 0.3 is 0 Å². The highest BCUT2D eigenvalue weighted by molar-refractivity contribution is 5.26. The van der Waals surface area contributed by atoms with Crippen molar-refractivity contribution < 1.29 is 0 Å². The van der Waals surface area contributed by atoms with Gasteiger partial charge in [0, 0.05) is 11.4 Å². The first kappa shape index (κ1) is 8.38. The second kappa shape index (κ2) is 3.12. The monoisotopic (exact) mass is 151 g/mol. The molecule has 0 amide bonds. The van der Waals surface area contributed by atoms with Gasteiger partial charge in [-0.3, -0.25) is 0 Å². The third-order valence-electron chi connectivity index (χ3n) is 2.29. The molecular formula is C10H17N. The molecule has 0 radical (unpaired) electrons. The molecule has 0 aromatic carbocycles. The van der Waals surface area contributed by atoms with Crippen LogP contribution in [0.2, 0.25) is 0 Å². The summed E-state index contributed by atoms with van der Waals surface area (Å²) in [5.41, 5.74) is 4.08. The molecule has 62 valence electrons. The SMILES string of the molecule is CCC(C)c1[nH]c(C)cc1C. The molecule has 0 bridgehead atoms. The quantitative estimate of drug-likeness (QED) is 0.668. The molecule has 1 rings (SSSR count). The van der Waals surface area contributed by atoms with Crippen molar-refractivity contribution >= 4 is 0 Å². The highest BCUT2D eigenvalue weighted by Crippen LogP contribution is 2.21. The Morgan fingerprint density at radius 1 is 1.45 bits per heavy atom. The normalized spacial score (nSPS) is 13.5. The summed E-state index contributed by atoms with van der Waals surface area (Å²) in [6.07, 6.45) is 1.21. The van der Waals surface area contributed by atoms with Gasteiger partial charge in [-0.2, -0.15) is 0 Å². The lowest BCUT2D eigenvalue weighted by atomic mass is 10.0. The van der Waals surface area contributed by atoms with Crippen LogP contribution >= 0.6 is 0 Å². The Morgan fingerprint density at radius 3 is 2.45 bits per heavy atom. The minimum Gasteiger partial charge on any atom is -0.362 e. The predicted molar refractivity (Wildman–Crippen MR) is 49.0 cm³/mol. The molecule has 0 spiro atoms. The Labute approximate surface area is 68.8 Å². The molecule has 1 nitrogen and oxygen atoms in total. The van der Waals surface area contributed by atoms with Crippen LogP contribution in [0.5, 0.6) is 0 Å². The lowest BCUT2D eigenvalue weighted by Gasteiger charge is -2.06. The van der Waals surface area contributed by atoms with Crippen molar-refractivity contribution in [2.24, 2.45) is 0 Å². The van der Waals surface area contributed by atoms with E-state index in [0.717, 1.165) is 0 Å². The molecular weight excluding hydrogens is 134 g/mol. The summed E-state index contributed by atoms with van der Waals surface area (Å²) in [6.45, 7) is 8.77. The molecule has 0 aliphatic carbocycles. The van der Waals surface area contributed by atoms with E-state index in [1.54, 1.807) is 0 Å². The lowest BCUT2D eigenvalue weighted by molar-refractivity contribution is 0.707. The number of H-pyrrole nitrogens is 1. The third kappa shape index (κ3) is 1.65. The molecule has 1 unspecified atom stereocenters. The number of aromatic nitrogens is 1. The largest absolute Gasteiger partial charge is 0.362 e. The highest BCUT2D eigenvalue weighted by Gasteiger charge is 2.07. The van der Waals surface area contributed by atoms with E-state index in [1.807, 2.05) is 0 Å². The van der Waals surface area contributed by atoms with E-state index >= 15 is 0 Å². The Bertz CT molecular complexity index is 235. The average Bonchev–Trinajstić information content (AvgIpc) is 2.28. The van der Waals surface area contributed by atoms with E-state index in [9.17, 15) is 0 Å². The number of rotatable bonds is 2. The summed E-state index contributed by atoms with van der Waals surface area (Å²) < 4.78 is 0. The van der Waals surface area contributed by atoms with Crippen molar-refractivity contribution in [2.45, 2.75) is 40.0 Å². The molecule has 11 heavy (non-hydrogen) atoms. The maximum absolute atomic E-state index is 3.40. The van der Waals surface area contributed by atoms with E-state index in [0.29, 0.717) is 5.92 Å². The number of aryl methyl sites for hydroxylation is 2. The molecule has 1 heteroatoms. The summed E-state index contributed by atoms with van der Waals surface area (Å²) in [4.78, 5) is 3.40. The van der Waals surface area contributed by atoms with Crippen molar-refractivity contribution in [1.82, 2.24) is 4.98 Å². The van der Waals surface area contributed by atoms with Crippen LogP contribution in [-0.2, 0) is 0 Å². The minimum atomic E-state index is 0.670. The van der Waals surface area contributed by atoms with Crippen LogP contribution in [0.3, 0.4) is 0 Å². The van der Waals surface area contributed by atoms with Gasteiger partial charge in [0.2, 0.25) is 0 Å². The molecule has 1 aromatic heterocycles. The second-order valence-electron chi connectivity index (χ2n) is 3.36. The fourth-order valence-corrected chi connectivity index (χ4v) is 1.47. The van der Waals surface area contributed by atoms with Gasteiger partial charge in [0.25, 0.3) is 0 Å². The van der Waals surface area contributed by atoms with Crippen LogP contribution in [0.4, 0.5) is 0 Å². The van der Waals surface area contributed by atoms with Crippen LogP contribution in [0.15, 0.2) is 6.07 Å². The van der Waals surface area contributed by atoms with E-state index < -0.39 is 0 Å². The van der Waals surface area contributed by atoms with Gasteiger partial charge in [-0.25, -0.2) is 0 Å². The van der Waals surface area contributed by atoms with Crippen molar-refractivity contribution in [3.8, 4) is 0 Å². The zero-order valence-electron chi connectivity index (χ0n) is 7.86. The number of hydrogen-bond donors (Lipinski definition) is 1. The van der Waals surface area contributed by atoms with Gasteiger partial charge in [-0.15, -0.1) is 0 Å². The smallest absolute Gasteiger partial charge is 0.0207 e. The van der Waals surface area contributed by atoms with Crippen LogP contribution in [0.25, 0.3) is 0 Å². The predicted octanol–water partition coefficient (Wildman–Crippen LogP) is 3.15. The molecule has 0 saturated heterocycles. The fraction of sp³-hybridized carbons (Fsp3) is 0.600. The third-order valence-corrected chi connectivity index (χ3v) is 2.29. The van der Waals surface area contributed by atoms with E-state index in [-0.39, 0.29) is 0 Å². The summed E-state index contributed by atoms with van der Waals surface area (Å²) in [5, 5.41) is 0. The molecule has 1 aromatic rings. The molecule has 1 N–H and O–H groups in total. The lowest BCUT2D eigenvalue weighted by Crippen LogP contribution is -1.93. The molecule has 0 aliphatic rings. The fourth-order valence-electron chi connectivity index (χ4n) is 1.47. The number of nitrogens with one attached hydrogen (secondary N) is 1. The van der Waals surface area contributed by atoms with Gasteiger partial charge in [0.15, 0.2) is 0 Å². The zero-order valence-corrected chi connectivity index (χ0v) is 7.86. The highest BCUT2D eigenvalue weighted by atomic mass is 14.7. The standard InChI is InChI=1S/C10H17N/c1-5-7(2)10-8(3)6-9(4)11-10/h6-7,11H,5H2,1-4H3. The van der Waals surface area contributed by atoms with Crippen molar-refractivity contribution in [3.05, 3.63) is 23.0 Å². The van der Waals surface area contributed by atoms with Crippen LogP contribution < -0.4 is 0 Å². The molecule has 0 aliphatic heterocycles. The van der Waals surface area contributed by atoms with Gasteiger partial charge in [0.05, 0.1) is 0 Å². The van der Waals surface area contributed by atoms with E-state index in [1.165, 1.54) is 23.4 Å². The molecule has 1 heterocycles. The Hall–Kier alpha value is -0.720. The van der Waals surface area contributed by atoms with Gasteiger partial charge in [-0.05, 0) is 37.8 Å². The van der Waals surface area contributed by atoms with Gasteiger partial charge in [0.1, 0.15) is 0 Å². The maximum atomic E-state index is 3.40. The first-order valence-corrected chi connectivity index (χ1v) is 4.31. The molecule has 1 atom stereocenters. The summed E-state index contributed by atoms with van der Waals surface area (Å²) in [6, 6.07) is 2.21. The second-order valence-corrected chi connectivity index (χ2v) is 3.36. The first-order valence-electron chi connectivity index (χ1n) is 4.31. The summed E-state index contributed by atoms with van der Waals surface area (Å²) in [7, 11) is 0. The van der Waals surface area contributed by atoms with Crippen LogP contribution in [0.1, 0.15) is 43.1 Å². The molecule has 0 saturated carbocycles. The van der Waals surface area contributed by atoms with Crippen LogP contribution in [0, 0.1) is 13.8 Å². The number of hydrogen-bond acceptors (Lipinski definition) is 0. The Balaban J connectivity index is 2.93. The Morgan fingerprint density at radius 2 is 2.09 bits per heavy atom.